The number of rotatable bonds is 8. The molecule has 2 amide bonds. The van der Waals surface area contributed by atoms with Crippen LogP contribution in [-0.4, -0.2) is 51.0 Å². The molecular formula is C14H24N4O3. The lowest BCUT2D eigenvalue weighted by Gasteiger charge is -2.27. The SMILES string of the molecule is CC(=O)N[C@@H](CC(C)C)C(=O)N(CCO)Cc1ncc[nH]1. The number of aliphatic hydroxyl groups is 1. The normalized spacial score (nSPS) is 12.2. The van der Waals surface area contributed by atoms with Crippen molar-refractivity contribution in [1.29, 1.82) is 0 Å². The minimum absolute atomic E-state index is 0.138. The average Bonchev–Trinajstić information content (AvgIpc) is 2.88. The Kier molecular flexibility index (Phi) is 6.87. The number of aromatic amines is 1. The second-order valence-electron chi connectivity index (χ2n) is 5.40. The van der Waals surface area contributed by atoms with E-state index in [4.69, 9.17) is 5.11 Å². The van der Waals surface area contributed by atoms with Crippen molar-refractivity contribution in [2.75, 3.05) is 13.2 Å². The lowest BCUT2D eigenvalue weighted by Crippen LogP contribution is -2.49. The van der Waals surface area contributed by atoms with Crippen molar-refractivity contribution in [2.24, 2.45) is 5.92 Å². The second-order valence-corrected chi connectivity index (χ2v) is 5.40. The van der Waals surface area contributed by atoms with Crippen LogP contribution in [0.5, 0.6) is 0 Å². The summed E-state index contributed by atoms with van der Waals surface area (Å²) in [5.74, 6) is 0.466. The molecule has 1 rings (SSSR count). The molecule has 0 saturated carbocycles. The quantitative estimate of drug-likeness (QED) is 0.642. The fourth-order valence-electron chi connectivity index (χ4n) is 2.11. The van der Waals surface area contributed by atoms with E-state index in [1.807, 2.05) is 13.8 Å². The number of aliphatic hydroxyl groups excluding tert-OH is 1. The van der Waals surface area contributed by atoms with Crippen molar-refractivity contribution in [1.82, 2.24) is 20.2 Å². The highest BCUT2D eigenvalue weighted by atomic mass is 16.3. The number of nitrogens with zero attached hydrogens (tertiary/aromatic N) is 2. The zero-order valence-corrected chi connectivity index (χ0v) is 12.8. The molecule has 1 aromatic rings. The summed E-state index contributed by atoms with van der Waals surface area (Å²) >= 11 is 0. The summed E-state index contributed by atoms with van der Waals surface area (Å²) in [6.45, 7) is 5.72. The van der Waals surface area contributed by atoms with E-state index in [2.05, 4.69) is 15.3 Å². The van der Waals surface area contributed by atoms with Crippen LogP contribution in [-0.2, 0) is 16.1 Å². The van der Waals surface area contributed by atoms with Crippen LogP contribution < -0.4 is 5.32 Å². The smallest absolute Gasteiger partial charge is 0.245 e. The molecule has 3 N–H and O–H groups in total. The Balaban J connectivity index is 2.81. The van der Waals surface area contributed by atoms with E-state index < -0.39 is 6.04 Å². The van der Waals surface area contributed by atoms with E-state index >= 15 is 0 Å². The first-order chi connectivity index (χ1) is 9.93. The van der Waals surface area contributed by atoms with Crippen LogP contribution >= 0.6 is 0 Å². The third-order valence-corrected chi connectivity index (χ3v) is 2.96. The zero-order chi connectivity index (χ0) is 15.8. The third-order valence-electron chi connectivity index (χ3n) is 2.96. The number of aromatic nitrogens is 2. The number of hydrogen-bond acceptors (Lipinski definition) is 4. The summed E-state index contributed by atoms with van der Waals surface area (Å²) in [5.41, 5.74) is 0. The first-order valence-electron chi connectivity index (χ1n) is 7.09. The van der Waals surface area contributed by atoms with Crippen molar-refractivity contribution in [3.05, 3.63) is 18.2 Å². The van der Waals surface area contributed by atoms with E-state index in [0.717, 1.165) is 0 Å². The van der Waals surface area contributed by atoms with Gasteiger partial charge in [0.05, 0.1) is 13.2 Å². The van der Waals surface area contributed by atoms with Gasteiger partial charge in [0, 0.05) is 25.9 Å². The van der Waals surface area contributed by atoms with Crippen LogP contribution in [0.15, 0.2) is 12.4 Å². The Hall–Kier alpha value is -1.89. The predicted molar refractivity (Wildman–Crippen MR) is 78.2 cm³/mol. The highest BCUT2D eigenvalue weighted by Crippen LogP contribution is 2.10. The largest absolute Gasteiger partial charge is 0.395 e. The fraction of sp³-hybridized carbons (Fsp3) is 0.643. The topological polar surface area (TPSA) is 98.3 Å². The molecule has 7 nitrogen and oxygen atoms in total. The van der Waals surface area contributed by atoms with E-state index in [1.165, 1.54) is 11.8 Å². The molecular weight excluding hydrogens is 272 g/mol. The van der Waals surface area contributed by atoms with Gasteiger partial charge in [0.2, 0.25) is 11.8 Å². The van der Waals surface area contributed by atoms with Crippen LogP contribution in [0.25, 0.3) is 0 Å². The lowest BCUT2D eigenvalue weighted by atomic mass is 10.0. The number of carbonyl (C=O) groups excluding carboxylic acids is 2. The number of amides is 2. The number of nitrogens with one attached hydrogen (secondary N) is 2. The Morgan fingerprint density at radius 1 is 1.48 bits per heavy atom. The van der Waals surface area contributed by atoms with Gasteiger partial charge in [-0.1, -0.05) is 13.8 Å². The molecule has 0 radical (unpaired) electrons. The van der Waals surface area contributed by atoms with Gasteiger partial charge in [-0.25, -0.2) is 4.98 Å². The molecule has 0 aliphatic carbocycles. The molecule has 0 saturated heterocycles. The van der Waals surface area contributed by atoms with Crippen molar-refractivity contribution in [3.63, 3.8) is 0 Å². The Labute approximate surface area is 124 Å². The monoisotopic (exact) mass is 296 g/mol. The van der Waals surface area contributed by atoms with Crippen LogP contribution in [0.4, 0.5) is 0 Å². The predicted octanol–water partition coefficient (Wildman–Crippen LogP) is 0.281. The Morgan fingerprint density at radius 2 is 2.19 bits per heavy atom. The molecule has 21 heavy (non-hydrogen) atoms. The average molecular weight is 296 g/mol. The summed E-state index contributed by atoms with van der Waals surface area (Å²) in [5, 5.41) is 11.8. The molecule has 0 bridgehead atoms. The van der Waals surface area contributed by atoms with Crippen molar-refractivity contribution >= 4 is 11.8 Å². The van der Waals surface area contributed by atoms with Gasteiger partial charge in [-0.3, -0.25) is 9.59 Å². The molecule has 0 aliphatic rings. The Morgan fingerprint density at radius 3 is 2.67 bits per heavy atom. The highest BCUT2D eigenvalue weighted by molar-refractivity contribution is 5.86. The van der Waals surface area contributed by atoms with Gasteiger partial charge in [-0.05, 0) is 12.3 Å². The molecule has 118 valence electrons. The molecule has 0 aliphatic heterocycles. The zero-order valence-electron chi connectivity index (χ0n) is 12.8. The number of H-pyrrole nitrogens is 1. The maximum Gasteiger partial charge on any atom is 0.245 e. The van der Waals surface area contributed by atoms with Crippen molar-refractivity contribution in [2.45, 2.75) is 39.8 Å². The van der Waals surface area contributed by atoms with Gasteiger partial charge in [0.15, 0.2) is 0 Å². The lowest BCUT2D eigenvalue weighted by molar-refractivity contribution is -0.137. The molecule has 0 spiro atoms. The van der Waals surface area contributed by atoms with Crippen LogP contribution in [0.1, 0.15) is 33.0 Å². The third kappa shape index (κ3) is 5.95. The minimum Gasteiger partial charge on any atom is -0.395 e. The standard InChI is InChI=1S/C14H24N4O3/c1-10(2)8-12(17-11(3)20)14(21)18(6-7-19)9-13-15-4-5-16-13/h4-5,10,12,19H,6-9H2,1-3H3,(H,15,16)(H,17,20)/t12-/m0/s1. The minimum atomic E-state index is -0.580. The van der Waals surface area contributed by atoms with Crippen LogP contribution in [0.2, 0.25) is 0 Å². The molecule has 1 heterocycles. The fourth-order valence-corrected chi connectivity index (χ4v) is 2.11. The molecule has 0 aromatic carbocycles. The van der Waals surface area contributed by atoms with E-state index in [-0.39, 0.29) is 37.4 Å². The first kappa shape index (κ1) is 17.2. The number of imidazole rings is 1. The highest BCUT2D eigenvalue weighted by Gasteiger charge is 2.26. The van der Waals surface area contributed by atoms with E-state index in [1.54, 1.807) is 12.4 Å². The summed E-state index contributed by atoms with van der Waals surface area (Å²) < 4.78 is 0. The first-order valence-corrected chi connectivity index (χ1v) is 7.09. The van der Waals surface area contributed by atoms with Gasteiger partial charge < -0.3 is 20.3 Å². The van der Waals surface area contributed by atoms with Gasteiger partial charge in [-0.15, -0.1) is 0 Å². The molecule has 7 heteroatoms. The maximum atomic E-state index is 12.6. The van der Waals surface area contributed by atoms with Crippen molar-refractivity contribution in [3.8, 4) is 0 Å². The number of hydrogen-bond donors (Lipinski definition) is 3. The van der Waals surface area contributed by atoms with Crippen molar-refractivity contribution < 1.29 is 14.7 Å². The summed E-state index contributed by atoms with van der Waals surface area (Å²) in [4.78, 5) is 32.4. The van der Waals surface area contributed by atoms with Gasteiger partial charge in [-0.2, -0.15) is 0 Å². The second kappa shape index (κ2) is 8.41. The van der Waals surface area contributed by atoms with Gasteiger partial charge in [0.25, 0.3) is 0 Å². The molecule has 1 aromatic heterocycles. The van der Waals surface area contributed by atoms with Crippen LogP contribution in [0.3, 0.4) is 0 Å². The van der Waals surface area contributed by atoms with Crippen LogP contribution in [0, 0.1) is 5.92 Å². The number of carbonyl (C=O) groups is 2. The summed E-state index contributed by atoms with van der Waals surface area (Å²) in [6, 6.07) is -0.580. The molecule has 1 atom stereocenters. The van der Waals surface area contributed by atoms with E-state index in [9.17, 15) is 9.59 Å². The maximum absolute atomic E-state index is 12.6. The Bertz CT molecular complexity index is 445. The van der Waals surface area contributed by atoms with Gasteiger partial charge in [0.1, 0.15) is 11.9 Å². The van der Waals surface area contributed by atoms with Gasteiger partial charge >= 0.3 is 0 Å². The molecule has 0 fully saturated rings. The van der Waals surface area contributed by atoms with E-state index in [0.29, 0.717) is 12.2 Å². The summed E-state index contributed by atoms with van der Waals surface area (Å²) in [7, 11) is 0. The molecule has 0 unspecified atom stereocenters. The summed E-state index contributed by atoms with van der Waals surface area (Å²) in [6.07, 6.45) is 3.84.